The first-order chi connectivity index (χ1) is 12.0. The quantitative estimate of drug-likeness (QED) is 0.741. The minimum atomic E-state index is -0.809. The molecule has 0 spiro atoms. The summed E-state index contributed by atoms with van der Waals surface area (Å²) in [6.07, 6.45) is 0. The minimum Gasteiger partial charge on any atom is -0.486 e. The second kappa shape index (κ2) is 6.63. The number of aromatic nitrogens is 3. The maximum absolute atomic E-state index is 14.2. The molecule has 0 saturated heterocycles. The van der Waals surface area contributed by atoms with Gasteiger partial charge >= 0.3 is 0 Å². The van der Waals surface area contributed by atoms with Crippen LogP contribution in [0.25, 0.3) is 11.3 Å². The lowest BCUT2D eigenvalue weighted by molar-refractivity contribution is 0.0996. The SMILES string of the molecule is NC(=O)c1n[nH]nc1-c1ccc(OCc2ccc(F)cc2F)c(F)c1. The van der Waals surface area contributed by atoms with Crippen LogP contribution < -0.4 is 10.5 Å². The zero-order chi connectivity index (χ0) is 18.0. The van der Waals surface area contributed by atoms with Gasteiger partial charge in [-0.1, -0.05) is 0 Å². The van der Waals surface area contributed by atoms with E-state index in [9.17, 15) is 18.0 Å². The maximum atomic E-state index is 14.2. The second-order valence-corrected chi connectivity index (χ2v) is 5.05. The predicted molar refractivity (Wildman–Crippen MR) is 81.0 cm³/mol. The van der Waals surface area contributed by atoms with E-state index in [0.29, 0.717) is 6.07 Å². The molecule has 0 fully saturated rings. The molecule has 0 atom stereocenters. The van der Waals surface area contributed by atoms with Crippen molar-refractivity contribution in [1.29, 1.82) is 0 Å². The number of nitrogens with one attached hydrogen (secondary N) is 1. The van der Waals surface area contributed by atoms with Crippen LogP contribution in [0.15, 0.2) is 36.4 Å². The van der Waals surface area contributed by atoms with Gasteiger partial charge in [-0.15, -0.1) is 0 Å². The summed E-state index contributed by atoms with van der Waals surface area (Å²) in [5.41, 5.74) is 5.48. The molecule has 128 valence electrons. The highest BCUT2D eigenvalue weighted by molar-refractivity contribution is 5.96. The van der Waals surface area contributed by atoms with Gasteiger partial charge in [-0.05, 0) is 30.3 Å². The number of hydrogen-bond acceptors (Lipinski definition) is 4. The Labute approximate surface area is 139 Å². The van der Waals surface area contributed by atoms with E-state index in [1.165, 1.54) is 18.2 Å². The molecule has 9 heteroatoms. The molecule has 1 aromatic heterocycles. The number of nitrogens with zero attached hydrogens (tertiary/aromatic N) is 2. The van der Waals surface area contributed by atoms with Crippen molar-refractivity contribution in [3.8, 4) is 17.0 Å². The Morgan fingerprint density at radius 2 is 1.88 bits per heavy atom. The molecule has 3 aromatic rings. The summed E-state index contributed by atoms with van der Waals surface area (Å²) in [5, 5.41) is 9.61. The van der Waals surface area contributed by atoms with Crippen LogP contribution in [0.5, 0.6) is 5.75 Å². The monoisotopic (exact) mass is 348 g/mol. The van der Waals surface area contributed by atoms with Gasteiger partial charge in [-0.3, -0.25) is 4.79 Å². The number of hydrogen-bond donors (Lipinski definition) is 2. The predicted octanol–water partition coefficient (Wildman–Crippen LogP) is 2.57. The molecular formula is C16H11F3N4O2. The largest absolute Gasteiger partial charge is 0.486 e. The number of ether oxygens (including phenoxy) is 1. The number of nitrogens with two attached hydrogens (primary N) is 1. The molecule has 2 aromatic carbocycles. The van der Waals surface area contributed by atoms with Crippen molar-refractivity contribution >= 4 is 5.91 Å². The Hall–Kier alpha value is -3.36. The molecule has 0 aliphatic carbocycles. The lowest BCUT2D eigenvalue weighted by Gasteiger charge is -2.09. The number of aromatic amines is 1. The van der Waals surface area contributed by atoms with Crippen molar-refractivity contribution in [2.75, 3.05) is 0 Å². The molecule has 0 bridgehead atoms. The molecule has 3 N–H and O–H groups in total. The van der Waals surface area contributed by atoms with E-state index in [-0.39, 0.29) is 34.9 Å². The molecule has 6 nitrogen and oxygen atoms in total. The van der Waals surface area contributed by atoms with Gasteiger partial charge in [0.2, 0.25) is 0 Å². The first-order valence-electron chi connectivity index (χ1n) is 7.03. The van der Waals surface area contributed by atoms with Crippen molar-refractivity contribution in [3.63, 3.8) is 0 Å². The number of benzene rings is 2. The van der Waals surface area contributed by atoms with E-state index in [0.717, 1.165) is 12.1 Å². The number of H-pyrrole nitrogens is 1. The number of primary amides is 1. The number of rotatable bonds is 5. The third-order valence-electron chi connectivity index (χ3n) is 3.38. The molecule has 1 heterocycles. The molecule has 3 rings (SSSR count). The number of halogens is 3. The van der Waals surface area contributed by atoms with Crippen LogP contribution in [0.4, 0.5) is 13.2 Å². The molecule has 0 aliphatic rings. The third-order valence-corrected chi connectivity index (χ3v) is 3.38. The van der Waals surface area contributed by atoms with Crippen LogP contribution in [0.2, 0.25) is 0 Å². The van der Waals surface area contributed by atoms with Crippen molar-refractivity contribution in [1.82, 2.24) is 15.4 Å². The fourth-order valence-corrected chi connectivity index (χ4v) is 2.16. The minimum absolute atomic E-state index is 0.0809. The van der Waals surface area contributed by atoms with Crippen LogP contribution in [-0.4, -0.2) is 21.3 Å². The normalized spacial score (nSPS) is 10.7. The molecule has 0 saturated carbocycles. The van der Waals surface area contributed by atoms with Gasteiger partial charge < -0.3 is 10.5 Å². The molecule has 0 aliphatic heterocycles. The highest BCUT2D eigenvalue weighted by Crippen LogP contribution is 2.26. The Morgan fingerprint density at radius 3 is 2.56 bits per heavy atom. The van der Waals surface area contributed by atoms with E-state index in [1.54, 1.807) is 0 Å². The van der Waals surface area contributed by atoms with Crippen molar-refractivity contribution < 1.29 is 22.7 Å². The van der Waals surface area contributed by atoms with E-state index in [2.05, 4.69) is 15.4 Å². The fraction of sp³-hybridized carbons (Fsp3) is 0.0625. The molecule has 0 radical (unpaired) electrons. The summed E-state index contributed by atoms with van der Waals surface area (Å²) < 4.78 is 45.8. The summed E-state index contributed by atoms with van der Waals surface area (Å²) >= 11 is 0. The highest BCUT2D eigenvalue weighted by atomic mass is 19.1. The summed E-state index contributed by atoms with van der Waals surface area (Å²) in [6, 6.07) is 6.84. The Kier molecular flexibility index (Phi) is 4.38. The lowest BCUT2D eigenvalue weighted by Crippen LogP contribution is -2.12. The zero-order valence-corrected chi connectivity index (χ0v) is 12.6. The van der Waals surface area contributed by atoms with Crippen LogP contribution in [0, 0.1) is 17.5 Å². The summed E-state index contributed by atoms with van der Waals surface area (Å²) in [5.74, 6) is -3.20. The third kappa shape index (κ3) is 3.44. The van der Waals surface area contributed by atoms with Gasteiger partial charge in [0.05, 0.1) is 0 Å². The lowest BCUT2D eigenvalue weighted by atomic mass is 10.1. The van der Waals surface area contributed by atoms with E-state index < -0.39 is 23.4 Å². The summed E-state index contributed by atoms with van der Waals surface area (Å²) in [4.78, 5) is 11.2. The van der Waals surface area contributed by atoms with Crippen LogP contribution in [0.1, 0.15) is 16.1 Å². The average Bonchev–Trinajstić information content (AvgIpc) is 3.05. The van der Waals surface area contributed by atoms with Crippen LogP contribution in [-0.2, 0) is 6.61 Å². The van der Waals surface area contributed by atoms with Crippen LogP contribution in [0.3, 0.4) is 0 Å². The maximum Gasteiger partial charge on any atom is 0.271 e. The smallest absolute Gasteiger partial charge is 0.271 e. The van der Waals surface area contributed by atoms with Gasteiger partial charge in [0, 0.05) is 17.2 Å². The number of amides is 1. The van der Waals surface area contributed by atoms with Gasteiger partial charge in [-0.25, -0.2) is 13.2 Å². The summed E-state index contributed by atoms with van der Waals surface area (Å²) in [7, 11) is 0. The van der Waals surface area contributed by atoms with E-state index in [1.807, 2.05) is 0 Å². The Balaban J connectivity index is 1.80. The van der Waals surface area contributed by atoms with Gasteiger partial charge in [0.1, 0.15) is 23.9 Å². The van der Waals surface area contributed by atoms with Gasteiger partial charge in [0.25, 0.3) is 5.91 Å². The zero-order valence-electron chi connectivity index (χ0n) is 12.6. The van der Waals surface area contributed by atoms with Crippen molar-refractivity contribution in [3.05, 3.63) is 65.1 Å². The second-order valence-electron chi connectivity index (χ2n) is 5.05. The molecule has 25 heavy (non-hydrogen) atoms. The first-order valence-corrected chi connectivity index (χ1v) is 7.03. The fourth-order valence-electron chi connectivity index (χ4n) is 2.16. The molecule has 0 unspecified atom stereocenters. The standard InChI is InChI=1S/C16H11F3N4O2/c17-10-3-1-9(11(18)6-10)7-25-13-4-2-8(5-12(13)19)14-15(16(20)24)22-23-21-14/h1-6H,7H2,(H2,20,24)(H,21,22,23). The summed E-state index contributed by atoms with van der Waals surface area (Å²) in [6.45, 7) is -0.279. The Bertz CT molecular complexity index is 943. The van der Waals surface area contributed by atoms with Gasteiger partial charge in [-0.2, -0.15) is 15.4 Å². The van der Waals surface area contributed by atoms with Gasteiger partial charge in [0.15, 0.2) is 17.3 Å². The highest BCUT2D eigenvalue weighted by Gasteiger charge is 2.17. The number of carbonyl (C=O) groups is 1. The van der Waals surface area contributed by atoms with Crippen LogP contribution >= 0.6 is 0 Å². The van der Waals surface area contributed by atoms with Crippen molar-refractivity contribution in [2.45, 2.75) is 6.61 Å². The topological polar surface area (TPSA) is 93.9 Å². The first kappa shape index (κ1) is 16.5. The van der Waals surface area contributed by atoms with E-state index >= 15 is 0 Å². The molecule has 1 amide bonds. The Morgan fingerprint density at radius 1 is 1.08 bits per heavy atom. The van der Waals surface area contributed by atoms with Crippen molar-refractivity contribution in [2.24, 2.45) is 5.73 Å². The van der Waals surface area contributed by atoms with E-state index in [4.69, 9.17) is 10.5 Å². The average molecular weight is 348 g/mol. The molecular weight excluding hydrogens is 337 g/mol. The number of carbonyl (C=O) groups excluding carboxylic acids is 1.